The number of hydrogen-bond acceptors (Lipinski definition) is 3. The van der Waals surface area contributed by atoms with E-state index in [1.807, 2.05) is 18.2 Å². The van der Waals surface area contributed by atoms with Gasteiger partial charge >= 0.3 is 0 Å². The fourth-order valence-corrected chi connectivity index (χ4v) is 2.53. The lowest BCUT2D eigenvalue weighted by atomic mass is 10.2. The Morgan fingerprint density at radius 3 is 2.43 bits per heavy atom. The molecule has 1 amide bonds. The molecule has 1 aliphatic rings. The lowest BCUT2D eigenvalue weighted by Crippen LogP contribution is -2.49. The molecule has 21 heavy (non-hydrogen) atoms. The average Bonchev–Trinajstić information content (AvgIpc) is 2.56. The lowest BCUT2D eigenvalue weighted by molar-refractivity contribution is 0.0742. The van der Waals surface area contributed by atoms with Gasteiger partial charge in [-0.15, -0.1) is 0 Å². The number of halogens is 1. The quantitative estimate of drug-likeness (QED) is 0.848. The van der Waals surface area contributed by atoms with Gasteiger partial charge in [-0.2, -0.15) is 0 Å². The molecule has 4 nitrogen and oxygen atoms in total. The van der Waals surface area contributed by atoms with Crippen molar-refractivity contribution in [2.24, 2.45) is 0 Å². The van der Waals surface area contributed by atoms with Crippen LogP contribution in [-0.4, -0.2) is 42.0 Å². The Hall–Kier alpha value is -2.43. The third-order valence-corrected chi connectivity index (χ3v) is 3.69. The van der Waals surface area contributed by atoms with Crippen molar-refractivity contribution >= 4 is 11.6 Å². The predicted octanol–water partition coefficient (Wildman–Crippen LogP) is 2.18. The Bertz CT molecular complexity index is 624. The SMILES string of the molecule is O=C(c1ccncc1F)N1CCN(c2ccccc2)CC1. The number of anilines is 1. The molecular formula is C16H16FN3O. The maximum Gasteiger partial charge on any atom is 0.257 e. The Morgan fingerprint density at radius 1 is 1.05 bits per heavy atom. The van der Waals surface area contributed by atoms with Crippen LogP contribution >= 0.6 is 0 Å². The molecule has 0 atom stereocenters. The molecule has 0 saturated carbocycles. The van der Waals surface area contributed by atoms with Crippen molar-refractivity contribution in [3.63, 3.8) is 0 Å². The summed E-state index contributed by atoms with van der Waals surface area (Å²) in [6.45, 7) is 2.69. The van der Waals surface area contributed by atoms with Gasteiger partial charge in [-0.05, 0) is 18.2 Å². The Labute approximate surface area is 122 Å². The van der Waals surface area contributed by atoms with Gasteiger partial charge in [0.15, 0.2) is 5.82 Å². The van der Waals surface area contributed by atoms with Gasteiger partial charge in [0.2, 0.25) is 0 Å². The summed E-state index contributed by atoms with van der Waals surface area (Å²) in [6.07, 6.45) is 2.52. The molecule has 1 aromatic heterocycles. The molecule has 5 heteroatoms. The van der Waals surface area contributed by atoms with Gasteiger partial charge < -0.3 is 9.80 Å². The van der Waals surface area contributed by atoms with E-state index < -0.39 is 5.82 Å². The number of piperazine rings is 1. The highest BCUT2D eigenvalue weighted by atomic mass is 19.1. The van der Waals surface area contributed by atoms with Crippen LogP contribution < -0.4 is 4.90 Å². The van der Waals surface area contributed by atoms with Crippen LogP contribution in [0.5, 0.6) is 0 Å². The van der Waals surface area contributed by atoms with E-state index in [1.165, 1.54) is 12.3 Å². The van der Waals surface area contributed by atoms with E-state index in [9.17, 15) is 9.18 Å². The number of para-hydroxylation sites is 1. The first-order chi connectivity index (χ1) is 10.3. The molecule has 2 aromatic rings. The highest BCUT2D eigenvalue weighted by Gasteiger charge is 2.24. The average molecular weight is 285 g/mol. The first kappa shape index (κ1) is 13.5. The van der Waals surface area contributed by atoms with E-state index >= 15 is 0 Å². The van der Waals surface area contributed by atoms with Gasteiger partial charge in [-0.1, -0.05) is 18.2 Å². The topological polar surface area (TPSA) is 36.4 Å². The van der Waals surface area contributed by atoms with Gasteiger partial charge in [-0.3, -0.25) is 9.78 Å². The largest absolute Gasteiger partial charge is 0.368 e. The zero-order valence-corrected chi connectivity index (χ0v) is 11.6. The highest BCUT2D eigenvalue weighted by Crippen LogP contribution is 2.17. The number of rotatable bonds is 2. The smallest absolute Gasteiger partial charge is 0.257 e. The van der Waals surface area contributed by atoms with E-state index in [1.54, 1.807) is 4.90 Å². The summed E-state index contributed by atoms with van der Waals surface area (Å²) in [7, 11) is 0. The summed E-state index contributed by atoms with van der Waals surface area (Å²) >= 11 is 0. The van der Waals surface area contributed by atoms with Crippen LogP contribution in [0.2, 0.25) is 0 Å². The first-order valence-corrected chi connectivity index (χ1v) is 6.94. The van der Waals surface area contributed by atoms with E-state index in [4.69, 9.17) is 0 Å². The second-order valence-corrected chi connectivity index (χ2v) is 4.97. The van der Waals surface area contributed by atoms with Gasteiger partial charge in [0.25, 0.3) is 5.91 Å². The summed E-state index contributed by atoms with van der Waals surface area (Å²) in [5, 5.41) is 0. The summed E-state index contributed by atoms with van der Waals surface area (Å²) in [4.78, 5) is 19.9. The number of carbonyl (C=O) groups is 1. The molecule has 0 bridgehead atoms. The van der Waals surface area contributed by atoms with Crippen molar-refractivity contribution < 1.29 is 9.18 Å². The normalized spacial score (nSPS) is 15.1. The first-order valence-electron chi connectivity index (χ1n) is 6.94. The zero-order chi connectivity index (χ0) is 14.7. The van der Waals surface area contributed by atoms with Crippen LogP contribution in [0.15, 0.2) is 48.8 Å². The molecule has 0 spiro atoms. The van der Waals surface area contributed by atoms with Gasteiger partial charge in [0, 0.05) is 38.1 Å². The predicted molar refractivity (Wildman–Crippen MR) is 78.8 cm³/mol. The minimum Gasteiger partial charge on any atom is -0.368 e. The molecule has 1 fully saturated rings. The van der Waals surface area contributed by atoms with Crippen molar-refractivity contribution in [2.45, 2.75) is 0 Å². The molecule has 1 saturated heterocycles. The van der Waals surface area contributed by atoms with E-state index in [0.29, 0.717) is 13.1 Å². The molecule has 1 aliphatic heterocycles. The number of hydrogen-bond donors (Lipinski definition) is 0. The highest BCUT2D eigenvalue weighted by molar-refractivity contribution is 5.94. The maximum absolute atomic E-state index is 13.6. The Kier molecular flexibility index (Phi) is 3.81. The molecule has 108 valence electrons. The fourth-order valence-electron chi connectivity index (χ4n) is 2.53. The van der Waals surface area contributed by atoms with Gasteiger partial charge in [0.05, 0.1) is 11.8 Å². The van der Waals surface area contributed by atoms with Crippen molar-refractivity contribution in [3.05, 3.63) is 60.2 Å². The second kappa shape index (κ2) is 5.91. The standard InChI is InChI=1S/C16H16FN3O/c17-15-12-18-7-6-14(15)16(21)20-10-8-19(9-11-20)13-4-2-1-3-5-13/h1-7,12H,8-11H2. The molecule has 0 radical (unpaired) electrons. The summed E-state index contributed by atoms with van der Waals surface area (Å²) in [5.41, 5.74) is 1.25. The number of aromatic nitrogens is 1. The van der Waals surface area contributed by atoms with E-state index in [2.05, 4.69) is 22.0 Å². The van der Waals surface area contributed by atoms with Crippen molar-refractivity contribution in [3.8, 4) is 0 Å². The van der Waals surface area contributed by atoms with Crippen molar-refractivity contribution in [1.29, 1.82) is 0 Å². The van der Waals surface area contributed by atoms with Crippen LogP contribution in [0.4, 0.5) is 10.1 Å². The number of amides is 1. The van der Waals surface area contributed by atoms with Crippen molar-refractivity contribution in [2.75, 3.05) is 31.1 Å². The molecule has 2 heterocycles. The minimum atomic E-state index is -0.562. The molecule has 3 rings (SSSR count). The van der Waals surface area contributed by atoms with Gasteiger partial charge in [-0.25, -0.2) is 4.39 Å². The number of nitrogens with zero attached hydrogens (tertiary/aromatic N) is 3. The fraction of sp³-hybridized carbons (Fsp3) is 0.250. The molecule has 0 aliphatic carbocycles. The van der Waals surface area contributed by atoms with Crippen LogP contribution in [0.25, 0.3) is 0 Å². The van der Waals surface area contributed by atoms with Crippen LogP contribution in [-0.2, 0) is 0 Å². The summed E-state index contributed by atoms with van der Waals surface area (Å²) in [5.74, 6) is -0.824. The van der Waals surface area contributed by atoms with Crippen molar-refractivity contribution in [1.82, 2.24) is 9.88 Å². The second-order valence-electron chi connectivity index (χ2n) is 4.97. The third kappa shape index (κ3) is 2.86. The Morgan fingerprint density at radius 2 is 1.76 bits per heavy atom. The van der Waals surface area contributed by atoms with E-state index in [0.717, 1.165) is 25.0 Å². The number of pyridine rings is 1. The molecule has 1 aromatic carbocycles. The molecule has 0 unspecified atom stereocenters. The van der Waals surface area contributed by atoms with Crippen LogP contribution in [0.3, 0.4) is 0 Å². The summed E-state index contributed by atoms with van der Waals surface area (Å²) < 4.78 is 13.6. The maximum atomic E-state index is 13.6. The number of carbonyl (C=O) groups excluding carboxylic acids is 1. The summed E-state index contributed by atoms with van der Waals surface area (Å²) in [6, 6.07) is 11.5. The van der Waals surface area contributed by atoms with Crippen LogP contribution in [0, 0.1) is 5.82 Å². The monoisotopic (exact) mass is 285 g/mol. The zero-order valence-electron chi connectivity index (χ0n) is 11.6. The molecule has 0 N–H and O–H groups in total. The van der Waals surface area contributed by atoms with Gasteiger partial charge in [0.1, 0.15) is 0 Å². The third-order valence-electron chi connectivity index (χ3n) is 3.69. The van der Waals surface area contributed by atoms with Crippen LogP contribution in [0.1, 0.15) is 10.4 Å². The lowest BCUT2D eigenvalue weighted by Gasteiger charge is -2.36. The number of benzene rings is 1. The Balaban J connectivity index is 1.66. The van der Waals surface area contributed by atoms with E-state index in [-0.39, 0.29) is 11.5 Å². The molecular weight excluding hydrogens is 269 g/mol. The minimum absolute atomic E-state index is 0.0955.